The van der Waals surface area contributed by atoms with Gasteiger partial charge in [-0.2, -0.15) is 0 Å². The number of rotatable bonds is 2. The maximum absolute atomic E-state index is 4.51. The van der Waals surface area contributed by atoms with Crippen molar-refractivity contribution in [1.82, 2.24) is 9.97 Å². The molecule has 0 spiro atoms. The summed E-state index contributed by atoms with van der Waals surface area (Å²) in [6.07, 6.45) is 3.90. The zero-order valence-corrected chi connectivity index (χ0v) is 11.5. The summed E-state index contributed by atoms with van der Waals surface area (Å²) >= 11 is 3.43. The van der Waals surface area contributed by atoms with Crippen molar-refractivity contribution in [2.75, 3.05) is 18.0 Å². The summed E-state index contributed by atoms with van der Waals surface area (Å²) in [7, 11) is 0. The molecule has 0 radical (unpaired) electrons. The fraction of sp³-hybridized carbons (Fsp3) is 0.667. The van der Waals surface area contributed by atoms with Gasteiger partial charge in [0, 0.05) is 19.2 Å². The van der Waals surface area contributed by atoms with Crippen LogP contribution >= 0.6 is 15.9 Å². The average molecular weight is 284 g/mol. The summed E-state index contributed by atoms with van der Waals surface area (Å²) in [6.45, 7) is 6.48. The SMILES string of the molecule is CCC1CCCN(c2cc(Br)nc(C)n2)C1. The van der Waals surface area contributed by atoms with Crippen LogP contribution < -0.4 is 4.90 Å². The van der Waals surface area contributed by atoms with E-state index >= 15 is 0 Å². The van der Waals surface area contributed by atoms with Crippen LogP contribution in [0.5, 0.6) is 0 Å². The molecule has 1 aromatic heterocycles. The average Bonchev–Trinajstić information content (AvgIpc) is 2.28. The standard InChI is InChI=1S/C12H18BrN3/c1-3-10-5-4-6-16(8-10)12-7-11(13)14-9(2)15-12/h7,10H,3-6,8H2,1-2H3. The summed E-state index contributed by atoms with van der Waals surface area (Å²) in [4.78, 5) is 11.1. The molecule has 1 aromatic rings. The van der Waals surface area contributed by atoms with Gasteiger partial charge in [-0.15, -0.1) is 0 Å². The molecule has 1 aliphatic rings. The molecule has 0 N–H and O–H groups in total. The van der Waals surface area contributed by atoms with Gasteiger partial charge in [-0.05, 0) is 41.6 Å². The van der Waals surface area contributed by atoms with E-state index in [0.29, 0.717) is 0 Å². The minimum atomic E-state index is 0.822. The van der Waals surface area contributed by atoms with Crippen molar-refractivity contribution in [3.8, 4) is 0 Å². The predicted octanol–water partition coefficient (Wildman–Crippen LogP) is 3.17. The van der Waals surface area contributed by atoms with Crippen molar-refractivity contribution >= 4 is 21.7 Å². The number of piperidine rings is 1. The molecule has 2 rings (SSSR count). The van der Waals surface area contributed by atoms with Crippen LogP contribution in [0.2, 0.25) is 0 Å². The Labute approximate surface area is 105 Å². The molecule has 4 heteroatoms. The third kappa shape index (κ3) is 2.73. The summed E-state index contributed by atoms with van der Waals surface area (Å²) in [5, 5.41) is 0. The van der Waals surface area contributed by atoms with E-state index in [9.17, 15) is 0 Å². The molecule has 3 nitrogen and oxygen atoms in total. The Kier molecular flexibility index (Phi) is 3.79. The number of hydrogen-bond donors (Lipinski definition) is 0. The van der Waals surface area contributed by atoms with Crippen molar-refractivity contribution in [3.05, 3.63) is 16.5 Å². The van der Waals surface area contributed by atoms with Crippen LogP contribution in [-0.4, -0.2) is 23.1 Å². The minimum absolute atomic E-state index is 0.822. The number of aromatic nitrogens is 2. The highest BCUT2D eigenvalue weighted by atomic mass is 79.9. The van der Waals surface area contributed by atoms with E-state index in [-0.39, 0.29) is 0 Å². The summed E-state index contributed by atoms with van der Waals surface area (Å²) < 4.78 is 0.883. The van der Waals surface area contributed by atoms with Gasteiger partial charge in [-0.1, -0.05) is 13.3 Å². The second-order valence-corrected chi connectivity index (χ2v) is 5.27. The Bertz CT molecular complexity index is 347. The van der Waals surface area contributed by atoms with Crippen LogP contribution in [0.15, 0.2) is 10.7 Å². The number of aryl methyl sites for hydroxylation is 1. The van der Waals surface area contributed by atoms with Crippen molar-refractivity contribution in [1.29, 1.82) is 0 Å². The molecule has 16 heavy (non-hydrogen) atoms. The Hall–Kier alpha value is -0.640. The summed E-state index contributed by atoms with van der Waals surface area (Å²) in [5.74, 6) is 2.73. The Balaban J connectivity index is 2.16. The topological polar surface area (TPSA) is 29.0 Å². The molecule has 1 unspecified atom stereocenters. The first-order valence-corrected chi connectivity index (χ1v) is 6.74. The molecule has 0 amide bonds. The Morgan fingerprint density at radius 2 is 2.31 bits per heavy atom. The molecule has 2 heterocycles. The van der Waals surface area contributed by atoms with Gasteiger partial charge in [0.25, 0.3) is 0 Å². The fourth-order valence-corrected chi connectivity index (χ4v) is 2.75. The molecule has 1 fully saturated rings. The summed E-state index contributed by atoms with van der Waals surface area (Å²) in [5.41, 5.74) is 0. The van der Waals surface area contributed by atoms with E-state index in [1.165, 1.54) is 19.3 Å². The molecule has 88 valence electrons. The lowest BCUT2D eigenvalue weighted by Gasteiger charge is -2.33. The van der Waals surface area contributed by atoms with E-state index in [0.717, 1.165) is 35.3 Å². The van der Waals surface area contributed by atoms with Crippen molar-refractivity contribution in [2.45, 2.75) is 33.1 Å². The fourth-order valence-electron chi connectivity index (χ4n) is 2.28. The molecule has 1 saturated heterocycles. The lowest BCUT2D eigenvalue weighted by atomic mass is 9.96. The van der Waals surface area contributed by atoms with Crippen LogP contribution in [0.3, 0.4) is 0 Å². The van der Waals surface area contributed by atoms with Crippen LogP contribution in [0.25, 0.3) is 0 Å². The van der Waals surface area contributed by atoms with Crippen molar-refractivity contribution < 1.29 is 0 Å². The van der Waals surface area contributed by atoms with Crippen LogP contribution in [-0.2, 0) is 0 Å². The normalized spacial score (nSPS) is 21.2. The molecule has 1 atom stereocenters. The van der Waals surface area contributed by atoms with Crippen LogP contribution in [0, 0.1) is 12.8 Å². The van der Waals surface area contributed by atoms with Gasteiger partial charge < -0.3 is 4.90 Å². The Morgan fingerprint density at radius 1 is 1.50 bits per heavy atom. The van der Waals surface area contributed by atoms with Gasteiger partial charge in [-0.3, -0.25) is 0 Å². The molecule has 0 bridgehead atoms. The first kappa shape index (κ1) is 11.8. The molecule has 1 aliphatic heterocycles. The number of anilines is 1. The second-order valence-electron chi connectivity index (χ2n) is 4.46. The van der Waals surface area contributed by atoms with Crippen molar-refractivity contribution in [3.63, 3.8) is 0 Å². The minimum Gasteiger partial charge on any atom is -0.356 e. The monoisotopic (exact) mass is 283 g/mol. The zero-order chi connectivity index (χ0) is 11.5. The van der Waals surface area contributed by atoms with E-state index in [1.807, 2.05) is 13.0 Å². The van der Waals surface area contributed by atoms with E-state index < -0.39 is 0 Å². The highest BCUT2D eigenvalue weighted by Crippen LogP contribution is 2.24. The van der Waals surface area contributed by atoms with Crippen LogP contribution in [0.4, 0.5) is 5.82 Å². The van der Waals surface area contributed by atoms with Gasteiger partial charge in [0.05, 0.1) is 0 Å². The van der Waals surface area contributed by atoms with E-state index in [1.54, 1.807) is 0 Å². The van der Waals surface area contributed by atoms with Crippen LogP contribution in [0.1, 0.15) is 32.0 Å². The van der Waals surface area contributed by atoms with Gasteiger partial charge >= 0.3 is 0 Å². The second kappa shape index (κ2) is 5.13. The molecular weight excluding hydrogens is 266 g/mol. The number of nitrogens with zero attached hydrogens (tertiary/aromatic N) is 3. The first-order valence-electron chi connectivity index (χ1n) is 5.95. The predicted molar refractivity (Wildman–Crippen MR) is 69.7 cm³/mol. The van der Waals surface area contributed by atoms with E-state index in [4.69, 9.17) is 0 Å². The number of halogens is 1. The Morgan fingerprint density at radius 3 is 3.00 bits per heavy atom. The molecular formula is C12H18BrN3. The maximum Gasteiger partial charge on any atom is 0.133 e. The zero-order valence-electron chi connectivity index (χ0n) is 9.91. The molecule has 0 aliphatic carbocycles. The highest BCUT2D eigenvalue weighted by molar-refractivity contribution is 9.10. The lowest BCUT2D eigenvalue weighted by molar-refractivity contribution is 0.402. The largest absolute Gasteiger partial charge is 0.356 e. The third-order valence-corrected chi connectivity index (χ3v) is 3.62. The molecule has 0 aromatic carbocycles. The smallest absolute Gasteiger partial charge is 0.133 e. The maximum atomic E-state index is 4.51. The van der Waals surface area contributed by atoms with Gasteiger partial charge in [0.1, 0.15) is 16.2 Å². The van der Waals surface area contributed by atoms with Gasteiger partial charge in [-0.25, -0.2) is 9.97 Å². The van der Waals surface area contributed by atoms with E-state index in [2.05, 4.69) is 37.7 Å². The lowest BCUT2D eigenvalue weighted by Crippen LogP contribution is -2.35. The first-order chi connectivity index (χ1) is 7.69. The quantitative estimate of drug-likeness (QED) is 0.781. The van der Waals surface area contributed by atoms with Crippen molar-refractivity contribution in [2.24, 2.45) is 5.92 Å². The van der Waals surface area contributed by atoms with Gasteiger partial charge in [0.15, 0.2) is 0 Å². The van der Waals surface area contributed by atoms with Gasteiger partial charge in [0.2, 0.25) is 0 Å². The highest BCUT2D eigenvalue weighted by Gasteiger charge is 2.19. The molecule has 0 saturated carbocycles. The third-order valence-electron chi connectivity index (χ3n) is 3.21. The number of hydrogen-bond acceptors (Lipinski definition) is 3. The summed E-state index contributed by atoms with van der Waals surface area (Å²) in [6, 6.07) is 2.02.